The molecule has 0 bridgehead atoms. The minimum absolute atomic E-state index is 0.0437. The van der Waals surface area contributed by atoms with Gasteiger partial charge in [-0.3, -0.25) is 9.36 Å². The Morgan fingerprint density at radius 3 is 2.69 bits per heavy atom. The summed E-state index contributed by atoms with van der Waals surface area (Å²) in [6, 6.07) is 10.8. The van der Waals surface area contributed by atoms with Crippen LogP contribution in [-0.4, -0.2) is 33.4 Å². The SMILES string of the molecule is CCCCn1c(SCC(=O)c2ccc(OC)cc2)nnc1-c1ccco1. The summed E-state index contributed by atoms with van der Waals surface area (Å²) in [6.45, 7) is 2.93. The Balaban J connectivity index is 1.73. The van der Waals surface area contributed by atoms with Gasteiger partial charge in [0.2, 0.25) is 0 Å². The van der Waals surface area contributed by atoms with Crippen molar-refractivity contribution in [1.29, 1.82) is 0 Å². The van der Waals surface area contributed by atoms with Gasteiger partial charge in [0.25, 0.3) is 0 Å². The third kappa shape index (κ3) is 4.16. The summed E-state index contributed by atoms with van der Waals surface area (Å²) in [5.74, 6) is 2.46. The Labute approximate surface area is 156 Å². The van der Waals surface area contributed by atoms with Crippen LogP contribution in [0.4, 0.5) is 0 Å². The number of unbranched alkanes of at least 4 members (excludes halogenated alkanes) is 1. The highest BCUT2D eigenvalue weighted by Crippen LogP contribution is 2.25. The molecule has 0 saturated heterocycles. The lowest BCUT2D eigenvalue weighted by molar-refractivity contribution is 0.102. The van der Waals surface area contributed by atoms with E-state index in [4.69, 9.17) is 9.15 Å². The number of ketones is 1. The van der Waals surface area contributed by atoms with E-state index in [1.807, 2.05) is 16.7 Å². The number of carbonyl (C=O) groups excluding carboxylic acids is 1. The van der Waals surface area contributed by atoms with Crippen LogP contribution in [0.2, 0.25) is 0 Å². The number of carbonyl (C=O) groups is 1. The van der Waals surface area contributed by atoms with Gasteiger partial charge in [0, 0.05) is 12.1 Å². The van der Waals surface area contributed by atoms with Gasteiger partial charge in [0.05, 0.1) is 19.1 Å². The van der Waals surface area contributed by atoms with Crippen LogP contribution in [0.15, 0.2) is 52.2 Å². The predicted molar refractivity (Wildman–Crippen MR) is 101 cm³/mol. The molecule has 3 rings (SSSR count). The fourth-order valence-electron chi connectivity index (χ4n) is 2.49. The molecule has 0 saturated carbocycles. The normalized spacial score (nSPS) is 10.8. The molecular weight excluding hydrogens is 350 g/mol. The average Bonchev–Trinajstić information content (AvgIpc) is 3.34. The summed E-state index contributed by atoms with van der Waals surface area (Å²) in [5, 5.41) is 9.25. The van der Waals surface area contributed by atoms with Crippen molar-refractivity contribution in [3.8, 4) is 17.3 Å². The van der Waals surface area contributed by atoms with Crippen molar-refractivity contribution in [2.45, 2.75) is 31.5 Å². The Kier molecular flexibility index (Phi) is 6.12. The fraction of sp³-hybridized carbons (Fsp3) is 0.316. The second-order valence-electron chi connectivity index (χ2n) is 5.73. The quantitative estimate of drug-likeness (QED) is 0.412. The molecule has 0 radical (unpaired) electrons. The summed E-state index contributed by atoms with van der Waals surface area (Å²) in [6.07, 6.45) is 3.69. The first-order valence-corrected chi connectivity index (χ1v) is 9.48. The van der Waals surface area contributed by atoms with Crippen molar-refractivity contribution in [3.63, 3.8) is 0 Å². The molecule has 0 aliphatic carbocycles. The van der Waals surface area contributed by atoms with Gasteiger partial charge in [0.1, 0.15) is 5.75 Å². The van der Waals surface area contributed by atoms with Gasteiger partial charge in [-0.25, -0.2) is 0 Å². The van der Waals surface area contributed by atoms with E-state index in [2.05, 4.69) is 17.1 Å². The van der Waals surface area contributed by atoms with Crippen LogP contribution in [0.3, 0.4) is 0 Å². The van der Waals surface area contributed by atoms with Gasteiger partial charge in [-0.15, -0.1) is 10.2 Å². The van der Waals surface area contributed by atoms with Crippen LogP contribution in [-0.2, 0) is 6.54 Å². The molecule has 0 fully saturated rings. The number of rotatable bonds is 9. The fourth-order valence-corrected chi connectivity index (χ4v) is 3.35. The lowest BCUT2D eigenvalue weighted by Crippen LogP contribution is -2.06. The van der Waals surface area contributed by atoms with E-state index < -0.39 is 0 Å². The molecule has 0 amide bonds. The zero-order valence-electron chi connectivity index (χ0n) is 14.8. The van der Waals surface area contributed by atoms with Crippen molar-refractivity contribution < 1.29 is 13.9 Å². The molecule has 1 aromatic carbocycles. The first-order chi connectivity index (χ1) is 12.7. The molecule has 0 spiro atoms. The largest absolute Gasteiger partial charge is 0.497 e. The minimum Gasteiger partial charge on any atom is -0.497 e. The maximum atomic E-state index is 12.4. The first kappa shape index (κ1) is 18.3. The molecule has 0 N–H and O–H groups in total. The van der Waals surface area contributed by atoms with Crippen LogP contribution < -0.4 is 4.74 Å². The van der Waals surface area contributed by atoms with Gasteiger partial charge in [0.15, 0.2) is 22.5 Å². The van der Waals surface area contributed by atoms with Gasteiger partial charge in [-0.05, 0) is 42.8 Å². The summed E-state index contributed by atoms with van der Waals surface area (Å²) in [7, 11) is 1.60. The minimum atomic E-state index is 0.0437. The van der Waals surface area contributed by atoms with E-state index in [1.54, 1.807) is 37.6 Å². The van der Waals surface area contributed by atoms with E-state index in [0.717, 1.165) is 30.3 Å². The number of furan rings is 1. The Morgan fingerprint density at radius 2 is 2.04 bits per heavy atom. The number of benzene rings is 1. The van der Waals surface area contributed by atoms with E-state index in [0.29, 0.717) is 22.9 Å². The maximum absolute atomic E-state index is 12.4. The summed E-state index contributed by atoms with van der Waals surface area (Å²) >= 11 is 1.40. The zero-order chi connectivity index (χ0) is 18.4. The average molecular weight is 371 g/mol. The van der Waals surface area contributed by atoms with E-state index >= 15 is 0 Å². The zero-order valence-corrected chi connectivity index (χ0v) is 15.7. The summed E-state index contributed by atoms with van der Waals surface area (Å²) in [5.41, 5.74) is 0.657. The van der Waals surface area contributed by atoms with Gasteiger partial charge in [-0.2, -0.15) is 0 Å². The summed E-state index contributed by atoms with van der Waals surface area (Å²) in [4.78, 5) is 12.4. The molecule has 0 aliphatic heterocycles. The molecule has 26 heavy (non-hydrogen) atoms. The highest BCUT2D eigenvalue weighted by Gasteiger charge is 2.17. The molecule has 2 heterocycles. The maximum Gasteiger partial charge on any atom is 0.200 e. The molecule has 3 aromatic rings. The van der Waals surface area contributed by atoms with Crippen LogP contribution in [0.5, 0.6) is 5.75 Å². The van der Waals surface area contributed by atoms with Crippen molar-refractivity contribution in [2.75, 3.05) is 12.9 Å². The highest BCUT2D eigenvalue weighted by molar-refractivity contribution is 7.99. The van der Waals surface area contributed by atoms with Crippen LogP contribution >= 0.6 is 11.8 Å². The molecule has 2 aromatic heterocycles. The molecule has 0 atom stereocenters. The lowest BCUT2D eigenvalue weighted by atomic mass is 10.1. The standard InChI is InChI=1S/C19H21N3O3S/c1-3-4-11-22-18(17-6-5-12-25-17)20-21-19(22)26-13-16(23)14-7-9-15(24-2)10-8-14/h5-10,12H,3-4,11,13H2,1-2H3. The molecule has 7 heteroatoms. The monoisotopic (exact) mass is 371 g/mol. The number of nitrogens with zero attached hydrogens (tertiary/aromatic N) is 3. The van der Waals surface area contributed by atoms with Gasteiger partial charge < -0.3 is 9.15 Å². The van der Waals surface area contributed by atoms with Crippen LogP contribution in [0, 0.1) is 0 Å². The molecule has 0 unspecified atom stereocenters. The Morgan fingerprint density at radius 1 is 1.23 bits per heavy atom. The van der Waals surface area contributed by atoms with Crippen LogP contribution in [0.1, 0.15) is 30.1 Å². The lowest BCUT2D eigenvalue weighted by Gasteiger charge is -2.08. The number of Topliss-reactive ketones (excluding diaryl/α,β-unsaturated/α-hetero) is 1. The molecular formula is C19H21N3O3S. The van der Waals surface area contributed by atoms with E-state index in [9.17, 15) is 4.79 Å². The van der Waals surface area contributed by atoms with Gasteiger partial charge in [-0.1, -0.05) is 25.1 Å². The number of thioether (sulfide) groups is 1. The first-order valence-electron chi connectivity index (χ1n) is 8.50. The van der Waals surface area contributed by atoms with Crippen molar-refractivity contribution in [1.82, 2.24) is 14.8 Å². The second kappa shape index (κ2) is 8.71. The molecule has 0 aliphatic rings. The number of methoxy groups -OCH3 is 1. The third-order valence-electron chi connectivity index (χ3n) is 3.94. The number of hydrogen-bond donors (Lipinski definition) is 0. The van der Waals surface area contributed by atoms with Crippen molar-refractivity contribution in [3.05, 3.63) is 48.2 Å². The highest BCUT2D eigenvalue weighted by atomic mass is 32.2. The summed E-state index contributed by atoms with van der Waals surface area (Å²) < 4.78 is 12.6. The third-order valence-corrected chi connectivity index (χ3v) is 4.90. The number of hydrogen-bond acceptors (Lipinski definition) is 6. The predicted octanol–water partition coefficient (Wildman–Crippen LogP) is 4.32. The Hall–Kier alpha value is -2.54. The van der Waals surface area contributed by atoms with Crippen molar-refractivity contribution in [2.24, 2.45) is 0 Å². The van der Waals surface area contributed by atoms with E-state index in [-0.39, 0.29) is 5.78 Å². The van der Waals surface area contributed by atoms with Crippen molar-refractivity contribution >= 4 is 17.5 Å². The number of ether oxygens (including phenoxy) is 1. The second-order valence-corrected chi connectivity index (χ2v) is 6.67. The Bertz CT molecular complexity index is 842. The molecule has 136 valence electrons. The topological polar surface area (TPSA) is 70.2 Å². The van der Waals surface area contributed by atoms with Crippen LogP contribution in [0.25, 0.3) is 11.6 Å². The number of aromatic nitrogens is 3. The van der Waals surface area contributed by atoms with Gasteiger partial charge >= 0.3 is 0 Å². The van der Waals surface area contributed by atoms with E-state index in [1.165, 1.54) is 11.8 Å². The smallest absolute Gasteiger partial charge is 0.200 e. The molecule has 6 nitrogen and oxygen atoms in total.